The molecule has 1 N–H and O–H groups in total. The molecule has 26 heavy (non-hydrogen) atoms. The molecule has 7 heteroatoms. The average Bonchev–Trinajstić information content (AvgIpc) is 2.56. The number of hydrogen-bond acceptors (Lipinski definition) is 4. The van der Waals surface area contributed by atoms with Crippen molar-refractivity contribution in [1.29, 1.82) is 0 Å². The highest BCUT2D eigenvalue weighted by molar-refractivity contribution is 7.92. The van der Waals surface area contributed by atoms with Crippen LogP contribution in [-0.4, -0.2) is 33.7 Å². The summed E-state index contributed by atoms with van der Waals surface area (Å²) in [4.78, 5) is 12.6. The molecule has 0 atom stereocenters. The van der Waals surface area contributed by atoms with Gasteiger partial charge in [0, 0.05) is 5.69 Å². The molecule has 0 spiro atoms. The van der Waals surface area contributed by atoms with E-state index >= 15 is 0 Å². The Morgan fingerprint density at radius 1 is 1.08 bits per heavy atom. The van der Waals surface area contributed by atoms with E-state index in [2.05, 4.69) is 5.32 Å². The van der Waals surface area contributed by atoms with Gasteiger partial charge in [0.1, 0.15) is 12.3 Å². The quantitative estimate of drug-likeness (QED) is 0.806. The van der Waals surface area contributed by atoms with Gasteiger partial charge >= 0.3 is 0 Å². The lowest BCUT2D eigenvalue weighted by Gasteiger charge is -2.24. The summed E-state index contributed by atoms with van der Waals surface area (Å²) >= 11 is 0. The molecule has 1 amide bonds. The summed E-state index contributed by atoms with van der Waals surface area (Å²) in [6.07, 6.45) is 1.07. The molecule has 0 unspecified atom stereocenters. The maximum Gasteiger partial charge on any atom is 0.245 e. The van der Waals surface area contributed by atoms with E-state index in [1.54, 1.807) is 24.3 Å². The Hall–Kier alpha value is -2.54. The van der Waals surface area contributed by atoms with E-state index in [0.717, 1.165) is 21.7 Å². The number of carbonyl (C=O) groups excluding carboxylic acids is 1. The van der Waals surface area contributed by atoms with Gasteiger partial charge in [0.25, 0.3) is 0 Å². The lowest BCUT2D eigenvalue weighted by Crippen LogP contribution is -2.37. The molecule has 0 heterocycles. The predicted molar refractivity (Wildman–Crippen MR) is 104 cm³/mol. The van der Waals surface area contributed by atoms with Crippen molar-refractivity contribution in [2.75, 3.05) is 29.0 Å². The smallest absolute Gasteiger partial charge is 0.245 e. The monoisotopic (exact) mass is 376 g/mol. The summed E-state index contributed by atoms with van der Waals surface area (Å²) in [5.41, 5.74) is 2.87. The average molecular weight is 376 g/mol. The highest BCUT2D eigenvalue weighted by atomic mass is 32.2. The van der Waals surface area contributed by atoms with Crippen molar-refractivity contribution in [2.24, 2.45) is 0 Å². The Balaban J connectivity index is 2.31. The molecular weight excluding hydrogens is 352 g/mol. The minimum absolute atomic E-state index is 0.337. The van der Waals surface area contributed by atoms with Gasteiger partial charge in [-0.25, -0.2) is 8.42 Å². The van der Waals surface area contributed by atoms with E-state index in [-0.39, 0.29) is 6.54 Å². The Kier molecular flexibility index (Phi) is 6.26. The molecule has 0 aliphatic rings. The zero-order chi connectivity index (χ0) is 19.3. The van der Waals surface area contributed by atoms with Crippen molar-refractivity contribution in [3.05, 3.63) is 53.6 Å². The Bertz CT molecular complexity index is 874. The molecule has 0 bridgehead atoms. The highest BCUT2D eigenvalue weighted by Crippen LogP contribution is 2.30. The van der Waals surface area contributed by atoms with Crippen LogP contribution >= 0.6 is 0 Å². The van der Waals surface area contributed by atoms with Crippen molar-refractivity contribution in [3.63, 3.8) is 0 Å². The van der Waals surface area contributed by atoms with Gasteiger partial charge in [-0.2, -0.15) is 0 Å². The lowest BCUT2D eigenvalue weighted by molar-refractivity contribution is -0.114. The summed E-state index contributed by atoms with van der Waals surface area (Å²) in [6, 6.07) is 12.5. The minimum atomic E-state index is -3.67. The second-order valence-corrected chi connectivity index (χ2v) is 7.89. The van der Waals surface area contributed by atoms with Gasteiger partial charge in [-0.15, -0.1) is 0 Å². The van der Waals surface area contributed by atoms with Crippen LogP contribution in [0, 0.1) is 13.8 Å². The molecule has 2 aromatic rings. The molecule has 0 aromatic heterocycles. The molecule has 2 rings (SSSR count). The molecule has 0 radical (unpaired) electrons. The standard InChI is InChI=1S/C19H24N2O4S/c1-5-25-17-12-7-6-11-16(17)21(26(4,23)24)13-18(22)20-19-14(2)9-8-10-15(19)3/h6-12H,5,13H2,1-4H3,(H,20,22). The minimum Gasteiger partial charge on any atom is -0.492 e. The molecule has 2 aromatic carbocycles. The van der Waals surface area contributed by atoms with Crippen LogP contribution in [0.4, 0.5) is 11.4 Å². The number of rotatable bonds is 7. The van der Waals surface area contributed by atoms with E-state index < -0.39 is 15.9 Å². The van der Waals surface area contributed by atoms with Crippen LogP contribution in [0.25, 0.3) is 0 Å². The van der Waals surface area contributed by atoms with Crippen LogP contribution in [0.1, 0.15) is 18.1 Å². The molecular formula is C19H24N2O4S. The largest absolute Gasteiger partial charge is 0.492 e. The number of carbonyl (C=O) groups is 1. The fourth-order valence-electron chi connectivity index (χ4n) is 2.64. The number of anilines is 2. The van der Waals surface area contributed by atoms with Gasteiger partial charge in [-0.1, -0.05) is 30.3 Å². The molecule has 0 aliphatic heterocycles. The van der Waals surface area contributed by atoms with Gasteiger partial charge in [0.2, 0.25) is 15.9 Å². The van der Waals surface area contributed by atoms with Crippen LogP contribution in [0.5, 0.6) is 5.75 Å². The van der Waals surface area contributed by atoms with E-state index in [4.69, 9.17) is 4.74 Å². The fraction of sp³-hybridized carbons (Fsp3) is 0.316. The van der Waals surface area contributed by atoms with E-state index in [0.29, 0.717) is 23.7 Å². The van der Waals surface area contributed by atoms with Crippen LogP contribution in [0.3, 0.4) is 0 Å². The first-order chi connectivity index (χ1) is 12.2. The molecule has 0 saturated heterocycles. The number of nitrogens with one attached hydrogen (secondary N) is 1. The number of ether oxygens (including phenoxy) is 1. The van der Waals surface area contributed by atoms with E-state index in [9.17, 15) is 13.2 Å². The predicted octanol–water partition coefficient (Wildman–Crippen LogP) is 3.11. The van der Waals surface area contributed by atoms with Crippen molar-refractivity contribution in [3.8, 4) is 5.75 Å². The van der Waals surface area contributed by atoms with Gasteiger partial charge < -0.3 is 10.1 Å². The van der Waals surface area contributed by atoms with Gasteiger partial charge in [0.15, 0.2) is 0 Å². The lowest BCUT2D eigenvalue weighted by atomic mass is 10.1. The maximum atomic E-state index is 12.6. The molecule has 140 valence electrons. The topological polar surface area (TPSA) is 75.7 Å². The molecule has 0 aliphatic carbocycles. The maximum absolute atomic E-state index is 12.6. The van der Waals surface area contributed by atoms with Crippen molar-refractivity contribution in [1.82, 2.24) is 0 Å². The summed E-state index contributed by atoms with van der Waals surface area (Å²) in [6.45, 7) is 5.65. The third-order valence-electron chi connectivity index (χ3n) is 3.87. The van der Waals surface area contributed by atoms with Crippen LogP contribution in [0.15, 0.2) is 42.5 Å². The first-order valence-electron chi connectivity index (χ1n) is 8.29. The third kappa shape index (κ3) is 4.76. The molecule has 0 fully saturated rings. The Morgan fingerprint density at radius 3 is 2.27 bits per heavy atom. The Labute approximate surface area is 154 Å². The first kappa shape index (κ1) is 19.8. The van der Waals surface area contributed by atoms with Crippen molar-refractivity contribution in [2.45, 2.75) is 20.8 Å². The number of para-hydroxylation sites is 3. The number of nitrogens with zero attached hydrogens (tertiary/aromatic N) is 1. The second kappa shape index (κ2) is 8.23. The van der Waals surface area contributed by atoms with Crippen LogP contribution in [0.2, 0.25) is 0 Å². The van der Waals surface area contributed by atoms with Crippen LogP contribution in [-0.2, 0) is 14.8 Å². The zero-order valence-corrected chi connectivity index (χ0v) is 16.3. The van der Waals surface area contributed by atoms with Gasteiger partial charge in [0.05, 0.1) is 18.6 Å². The number of amides is 1. The second-order valence-electron chi connectivity index (χ2n) is 5.99. The summed E-state index contributed by atoms with van der Waals surface area (Å²) in [5, 5.41) is 2.82. The van der Waals surface area contributed by atoms with E-state index in [1.807, 2.05) is 39.0 Å². The molecule has 6 nitrogen and oxygen atoms in total. The fourth-order valence-corrected chi connectivity index (χ4v) is 3.50. The van der Waals surface area contributed by atoms with Gasteiger partial charge in [-0.3, -0.25) is 9.10 Å². The summed E-state index contributed by atoms with van der Waals surface area (Å²) < 4.78 is 31.2. The van der Waals surface area contributed by atoms with Crippen LogP contribution < -0.4 is 14.4 Å². The SMILES string of the molecule is CCOc1ccccc1N(CC(=O)Nc1c(C)cccc1C)S(C)(=O)=O. The third-order valence-corrected chi connectivity index (χ3v) is 4.99. The zero-order valence-electron chi connectivity index (χ0n) is 15.4. The van der Waals surface area contributed by atoms with Gasteiger partial charge in [-0.05, 0) is 44.0 Å². The van der Waals surface area contributed by atoms with Crippen molar-refractivity contribution >= 4 is 27.3 Å². The number of aryl methyl sites for hydroxylation is 2. The van der Waals surface area contributed by atoms with Crippen molar-refractivity contribution < 1.29 is 17.9 Å². The van der Waals surface area contributed by atoms with E-state index in [1.165, 1.54) is 0 Å². The number of benzene rings is 2. The first-order valence-corrected chi connectivity index (χ1v) is 10.1. The number of sulfonamides is 1. The summed E-state index contributed by atoms with van der Waals surface area (Å²) in [7, 11) is -3.67. The highest BCUT2D eigenvalue weighted by Gasteiger charge is 2.24. The molecule has 0 saturated carbocycles. The number of hydrogen-bond donors (Lipinski definition) is 1. The summed E-state index contributed by atoms with van der Waals surface area (Å²) in [5.74, 6) is -0.000534. The normalized spacial score (nSPS) is 11.1. The Morgan fingerprint density at radius 2 is 1.69 bits per heavy atom.